The zero-order chi connectivity index (χ0) is 14.7. The van der Waals surface area contributed by atoms with Crippen LogP contribution in [0.25, 0.3) is 0 Å². The van der Waals surface area contributed by atoms with Gasteiger partial charge < -0.3 is 15.1 Å². The molecular formula is C18H35N3. The molecule has 0 aromatic rings. The fraction of sp³-hybridized carbons (Fsp3) is 1.00. The van der Waals surface area contributed by atoms with Gasteiger partial charge in [0.1, 0.15) is 0 Å². The second-order valence-electron chi connectivity index (χ2n) is 7.79. The molecule has 0 bridgehead atoms. The summed E-state index contributed by atoms with van der Waals surface area (Å²) in [5.41, 5.74) is 0. The van der Waals surface area contributed by atoms with Crippen LogP contribution in [0.5, 0.6) is 0 Å². The van der Waals surface area contributed by atoms with Gasteiger partial charge in [-0.05, 0) is 71.1 Å². The van der Waals surface area contributed by atoms with Crippen LogP contribution in [0.15, 0.2) is 0 Å². The van der Waals surface area contributed by atoms with Crippen LogP contribution in [0.2, 0.25) is 0 Å². The van der Waals surface area contributed by atoms with Crippen LogP contribution < -0.4 is 5.32 Å². The number of hydrogen-bond donors (Lipinski definition) is 1. The Kier molecular flexibility index (Phi) is 5.58. The maximum Gasteiger partial charge on any atom is 0.0220 e. The van der Waals surface area contributed by atoms with E-state index in [1.807, 2.05) is 0 Å². The van der Waals surface area contributed by atoms with Gasteiger partial charge in [0.2, 0.25) is 0 Å². The third kappa shape index (κ3) is 3.80. The largest absolute Gasteiger partial charge is 0.315 e. The van der Waals surface area contributed by atoms with Crippen LogP contribution in [0.3, 0.4) is 0 Å². The van der Waals surface area contributed by atoms with Gasteiger partial charge in [-0.25, -0.2) is 0 Å². The summed E-state index contributed by atoms with van der Waals surface area (Å²) in [6.07, 6.45) is 11.5. The molecule has 0 radical (unpaired) electrons. The maximum absolute atomic E-state index is 3.65. The van der Waals surface area contributed by atoms with E-state index in [-0.39, 0.29) is 0 Å². The minimum atomic E-state index is 0.725. The van der Waals surface area contributed by atoms with Crippen LogP contribution in [0.4, 0.5) is 0 Å². The molecule has 3 aliphatic rings. The van der Waals surface area contributed by atoms with Crippen molar-refractivity contribution >= 4 is 0 Å². The number of rotatable bonds is 4. The van der Waals surface area contributed by atoms with Crippen molar-refractivity contribution in [1.82, 2.24) is 15.1 Å². The normalized spacial score (nSPS) is 34.6. The van der Waals surface area contributed by atoms with Crippen molar-refractivity contribution in [2.24, 2.45) is 11.8 Å². The monoisotopic (exact) mass is 293 g/mol. The molecular weight excluding hydrogens is 258 g/mol. The van der Waals surface area contributed by atoms with Gasteiger partial charge in [0.25, 0.3) is 0 Å². The topological polar surface area (TPSA) is 18.5 Å². The van der Waals surface area contributed by atoms with Crippen LogP contribution in [-0.2, 0) is 0 Å². The summed E-state index contributed by atoms with van der Waals surface area (Å²) in [5.74, 6) is 1.86. The Labute approximate surface area is 131 Å². The van der Waals surface area contributed by atoms with Crippen LogP contribution >= 0.6 is 0 Å². The number of nitrogens with zero attached hydrogens (tertiary/aromatic N) is 2. The number of hydrogen-bond acceptors (Lipinski definition) is 3. The van der Waals surface area contributed by atoms with Gasteiger partial charge in [0, 0.05) is 25.2 Å². The molecule has 1 aliphatic carbocycles. The van der Waals surface area contributed by atoms with Crippen molar-refractivity contribution < 1.29 is 0 Å². The summed E-state index contributed by atoms with van der Waals surface area (Å²) < 4.78 is 0. The highest BCUT2D eigenvalue weighted by Gasteiger charge is 2.35. The molecule has 3 rings (SSSR count). The average Bonchev–Trinajstić information content (AvgIpc) is 2.53. The number of likely N-dealkylation sites (tertiary alicyclic amines) is 2. The molecule has 2 saturated heterocycles. The van der Waals surface area contributed by atoms with Gasteiger partial charge in [-0.15, -0.1) is 0 Å². The number of likely N-dealkylation sites (N-methyl/N-ethyl adjacent to an activating group) is 1. The Morgan fingerprint density at radius 2 is 1.81 bits per heavy atom. The predicted molar refractivity (Wildman–Crippen MR) is 89.6 cm³/mol. The molecule has 122 valence electrons. The van der Waals surface area contributed by atoms with Gasteiger partial charge in [-0.2, -0.15) is 0 Å². The smallest absolute Gasteiger partial charge is 0.0220 e. The molecule has 0 aromatic carbocycles. The third-order valence-corrected chi connectivity index (χ3v) is 6.47. The van der Waals surface area contributed by atoms with Crippen LogP contribution in [0, 0.1) is 11.8 Å². The Morgan fingerprint density at radius 1 is 1.00 bits per heavy atom. The van der Waals surface area contributed by atoms with E-state index in [0.29, 0.717) is 0 Å². The van der Waals surface area contributed by atoms with Gasteiger partial charge in [0.15, 0.2) is 0 Å². The van der Waals surface area contributed by atoms with E-state index in [1.165, 1.54) is 77.5 Å². The number of nitrogens with one attached hydrogen (secondary N) is 1. The third-order valence-electron chi connectivity index (χ3n) is 6.47. The summed E-state index contributed by atoms with van der Waals surface area (Å²) in [7, 11) is 4.52. The first kappa shape index (κ1) is 15.8. The molecule has 3 atom stereocenters. The van der Waals surface area contributed by atoms with E-state index < -0.39 is 0 Å². The first-order valence-corrected chi connectivity index (χ1v) is 9.38. The molecule has 3 heteroatoms. The number of fused-ring (bicyclic) bond motifs is 1. The summed E-state index contributed by atoms with van der Waals surface area (Å²) in [5, 5.41) is 3.65. The van der Waals surface area contributed by atoms with Gasteiger partial charge in [-0.3, -0.25) is 0 Å². The van der Waals surface area contributed by atoms with Crippen molar-refractivity contribution in [2.75, 3.05) is 40.3 Å². The molecule has 1 N–H and O–H groups in total. The zero-order valence-corrected chi connectivity index (χ0v) is 14.2. The summed E-state index contributed by atoms with van der Waals surface area (Å²) in [6, 6.07) is 1.60. The lowest BCUT2D eigenvalue weighted by molar-refractivity contribution is 0.0310. The molecule has 3 fully saturated rings. The highest BCUT2D eigenvalue weighted by atomic mass is 15.2. The lowest BCUT2D eigenvalue weighted by Gasteiger charge is -2.47. The van der Waals surface area contributed by atoms with E-state index >= 15 is 0 Å². The summed E-state index contributed by atoms with van der Waals surface area (Å²) in [4.78, 5) is 5.40. The SMILES string of the molecule is CNC(CN1CCC2C(CCCN2C)C1)C1CCCCC1. The molecule has 2 aliphatic heterocycles. The average molecular weight is 293 g/mol. The Morgan fingerprint density at radius 3 is 2.57 bits per heavy atom. The maximum atomic E-state index is 3.65. The molecule has 2 heterocycles. The molecule has 21 heavy (non-hydrogen) atoms. The summed E-state index contributed by atoms with van der Waals surface area (Å²) in [6.45, 7) is 5.27. The highest BCUT2D eigenvalue weighted by Crippen LogP contribution is 2.31. The second-order valence-corrected chi connectivity index (χ2v) is 7.79. The Hall–Kier alpha value is -0.120. The van der Waals surface area contributed by atoms with E-state index in [0.717, 1.165) is 23.9 Å². The van der Waals surface area contributed by atoms with Gasteiger partial charge in [-0.1, -0.05) is 19.3 Å². The van der Waals surface area contributed by atoms with Crippen LogP contribution in [-0.4, -0.2) is 62.2 Å². The first-order valence-electron chi connectivity index (χ1n) is 9.38. The molecule has 3 nitrogen and oxygen atoms in total. The lowest BCUT2D eigenvalue weighted by Crippen LogP contribution is -2.55. The van der Waals surface area contributed by atoms with E-state index in [1.54, 1.807) is 0 Å². The molecule has 0 aromatic heterocycles. The lowest BCUT2D eigenvalue weighted by atomic mass is 9.82. The van der Waals surface area contributed by atoms with E-state index in [9.17, 15) is 0 Å². The van der Waals surface area contributed by atoms with Crippen molar-refractivity contribution in [3.63, 3.8) is 0 Å². The fourth-order valence-electron chi connectivity index (χ4n) is 5.18. The molecule has 1 saturated carbocycles. The van der Waals surface area contributed by atoms with Crippen molar-refractivity contribution in [1.29, 1.82) is 0 Å². The fourth-order valence-corrected chi connectivity index (χ4v) is 5.18. The van der Waals surface area contributed by atoms with Crippen molar-refractivity contribution in [3.8, 4) is 0 Å². The number of piperidine rings is 2. The minimum Gasteiger partial charge on any atom is -0.315 e. The predicted octanol–water partition coefficient (Wildman–Crippen LogP) is 2.57. The Balaban J connectivity index is 1.52. The Bertz CT molecular complexity index is 314. The standard InChI is InChI=1S/C18H35N3/c1-19-17(15-7-4-3-5-8-15)14-21-12-10-18-16(13-21)9-6-11-20(18)2/h15-19H,3-14H2,1-2H3. The quantitative estimate of drug-likeness (QED) is 0.859. The van der Waals surface area contributed by atoms with Gasteiger partial charge >= 0.3 is 0 Å². The summed E-state index contributed by atoms with van der Waals surface area (Å²) >= 11 is 0. The van der Waals surface area contributed by atoms with Crippen molar-refractivity contribution in [2.45, 2.75) is 63.5 Å². The second kappa shape index (κ2) is 7.43. The zero-order valence-electron chi connectivity index (χ0n) is 14.2. The molecule has 0 amide bonds. The highest BCUT2D eigenvalue weighted by molar-refractivity contribution is 4.91. The van der Waals surface area contributed by atoms with E-state index in [4.69, 9.17) is 0 Å². The molecule has 3 unspecified atom stereocenters. The van der Waals surface area contributed by atoms with E-state index in [2.05, 4.69) is 29.2 Å². The van der Waals surface area contributed by atoms with Crippen LogP contribution in [0.1, 0.15) is 51.4 Å². The first-order chi connectivity index (χ1) is 10.3. The molecule has 0 spiro atoms. The van der Waals surface area contributed by atoms with Crippen molar-refractivity contribution in [3.05, 3.63) is 0 Å². The van der Waals surface area contributed by atoms with Gasteiger partial charge in [0.05, 0.1) is 0 Å². The minimum absolute atomic E-state index is 0.725.